The summed E-state index contributed by atoms with van der Waals surface area (Å²) >= 11 is 24.2. The maximum absolute atomic E-state index is 10.8. The molecule has 0 unspecified atom stereocenters. The first-order chi connectivity index (χ1) is 9.40. The molecule has 0 radical (unpaired) electrons. The number of carboxylic acids is 1. The van der Waals surface area contributed by atoms with Crippen molar-refractivity contribution in [1.82, 2.24) is 0 Å². The highest BCUT2D eigenvalue weighted by Gasteiger charge is 2.14. The van der Waals surface area contributed by atoms with Crippen molar-refractivity contribution in [3.05, 3.63) is 56.0 Å². The van der Waals surface area contributed by atoms with E-state index in [9.17, 15) is 4.79 Å². The number of carbonyl (C=O) groups is 1. The third-order valence-corrected chi connectivity index (χ3v) is 4.33. The second kappa shape index (κ2) is 6.23. The van der Waals surface area contributed by atoms with Crippen molar-refractivity contribution in [2.75, 3.05) is 0 Å². The number of halogens is 4. The quantitative estimate of drug-likeness (QED) is 0.733. The van der Waals surface area contributed by atoms with Crippen molar-refractivity contribution in [3.63, 3.8) is 0 Å². The molecule has 0 atom stereocenters. The van der Waals surface area contributed by atoms with Crippen LogP contribution in [0.4, 0.5) is 0 Å². The lowest BCUT2D eigenvalue weighted by Gasteiger charge is -2.10. The van der Waals surface area contributed by atoms with Crippen LogP contribution >= 0.6 is 46.4 Å². The van der Waals surface area contributed by atoms with Gasteiger partial charge >= 0.3 is 5.97 Å². The Kier molecular flexibility index (Phi) is 4.82. The van der Waals surface area contributed by atoms with Gasteiger partial charge in [-0.25, -0.2) is 0 Å². The average molecular weight is 350 g/mol. The Hall–Kier alpha value is -0.930. The lowest BCUT2D eigenvalue weighted by molar-refractivity contribution is -0.136. The van der Waals surface area contributed by atoms with Crippen LogP contribution < -0.4 is 0 Å². The summed E-state index contributed by atoms with van der Waals surface area (Å²) in [4.78, 5) is 10.8. The van der Waals surface area contributed by atoms with E-state index in [0.717, 1.165) is 0 Å². The Labute approximate surface area is 135 Å². The number of benzene rings is 2. The van der Waals surface area contributed by atoms with E-state index in [4.69, 9.17) is 51.5 Å². The molecule has 0 heterocycles. The highest BCUT2D eigenvalue weighted by atomic mass is 35.5. The number of carboxylic acid groups (broad SMARTS) is 1. The van der Waals surface area contributed by atoms with Crippen molar-refractivity contribution in [1.29, 1.82) is 0 Å². The van der Waals surface area contributed by atoms with Gasteiger partial charge in [0.1, 0.15) is 0 Å². The third kappa shape index (κ3) is 3.21. The number of hydrogen-bond acceptors (Lipinski definition) is 1. The van der Waals surface area contributed by atoms with Crippen molar-refractivity contribution >= 4 is 52.4 Å². The maximum atomic E-state index is 10.8. The Morgan fingerprint density at radius 1 is 0.900 bits per heavy atom. The molecule has 0 bridgehead atoms. The van der Waals surface area contributed by atoms with Crippen LogP contribution in [0.5, 0.6) is 0 Å². The van der Waals surface area contributed by atoms with Crippen molar-refractivity contribution in [2.24, 2.45) is 0 Å². The van der Waals surface area contributed by atoms with Gasteiger partial charge in [0.15, 0.2) is 0 Å². The van der Waals surface area contributed by atoms with Crippen LogP contribution in [0.3, 0.4) is 0 Å². The average Bonchev–Trinajstić information content (AvgIpc) is 2.38. The first-order valence-corrected chi connectivity index (χ1v) is 7.05. The lowest BCUT2D eigenvalue weighted by Crippen LogP contribution is -2.00. The van der Waals surface area contributed by atoms with E-state index in [1.165, 1.54) is 0 Å². The highest BCUT2D eigenvalue weighted by Crippen LogP contribution is 2.40. The topological polar surface area (TPSA) is 37.3 Å². The standard InChI is InChI=1S/C14H8Cl4O2/c15-10-3-1-7(6-12(19)20)5-9(10)8-2-4-11(16)14(18)13(8)17/h1-5H,6H2,(H,19,20). The van der Waals surface area contributed by atoms with Gasteiger partial charge < -0.3 is 5.11 Å². The zero-order chi connectivity index (χ0) is 14.9. The van der Waals surface area contributed by atoms with E-state index in [0.29, 0.717) is 26.7 Å². The molecule has 0 saturated carbocycles. The van der Waals surface area contributed by atoms with Gasteiger partial charge in [0.25, 0.3) is 0 Å². The Morgan fingerprint density at radius 2 is 1.55 bits per heavy atom. The van der Waals surface area contributed by atoms with Gasteiger partial charge in [0.05, 0.1) is 21.5 Å². The minimum absolute atomic E-state index is 0.0941. The van der Waals surface area contributed by atoms with E-state index >= 15 is 0 Å². The number of rotatable bonds is 3. The minimum atomic E-state index is -0.918. The van der Waals surface area contributed by atoms with Crippen LogP contribution in [0.15, 0.2) is 30.3 Å². The molecule has 2 rings (SSSR count). The molecular weight excluding hydrogens is 342 g/mol. The minimum Gasteiger partial charge on any atom is -0.481 e. The van der Waals surface area contributed by atoms with Gasteiger partial charge in [0.2, 0.25) is 0 Å². The molecule has 0 spiro atoms. The van der Waals surface area contributed by atoms with Crippen LogP contribution in [0.1, 0.15) is 5.56 Å². The van der Waals surface area contributed by atoms with Gasteiger partial charge in [-0.3, -0.25) is 4.79 Å². The zero-order valence-electron chi connectivity index (χ0n) is 9.96. The van der Waals surface area contributed by atoms with Gasteiger partial charge in [-0.2, -0.15) is 0 Å². The molecule has 0 aliphatic heterocycles. The molecule has 0 aromatic heterocycles. The van der Waals surface area contributed by atoms with Crippen LogP contribution in [-0.2, 0) is 11.2 Å². The SMILES string of the molecule is O=C(O)Cc1ccc(Cl)c(-c2ccc(Cl)c(Cl)c2Cl)c1. The van der Waals surface area contributed by atoms with Gasteiger partial charge in [-0.05, 0) is 23.8 Å². The fourth-order valence-electron chi connectivity index (χ4n) is 1.80. The van der Waals surface area contributed by atoms with Gasteiger partial charge in [0, 0.05) is 16.1 Å². The molecule has 104 valence electrons. The predicted molar refractivity (Wildman–Crippen MR) is 83.3 cm³/mol. The van der Waals surface area contributed by atoms with E-state index < -0.39 is 5.97 Å². The molecule has 20 heavy (non-hydrogen) atoms. The zero-order valence-corrected chi connectivity index (χ0v) is 13.0. The Morgan fingerprint density at radius 3 is 2.20 bits per heavy atom. The molecule has 0 aliphatic carbocycles. The van der Waals surface area contributed by atoms with Crippen molar-refractivity contribution in [2.45, 2.75) is 6.42 Å². The van der Waals surface area contributed by atoms with Crippen LogP contribution in [0.2, 0.25) is 20.1 Å². The fraction of sp³-hybridized carbons (Fsp3) is 0.0714. The van der Waals surface area contributed by atoms with Crippen LogP contribution in [0.25, 0.3) is 11.1 Å². The first kappa shape index (κ1) is 15.5. The second-order valence-electron chi connectivity index (χ2n) is 4.11. The molecule has 1 N–H and O–H groups in total. The summed E-state index contributed by atoms with van der Waals surface area (Å²) in [6, 6.07) is 8.29. The summed E-state index contributed by atoms with van der Waals surface area (Å²) in [6.45, 7) is 0. The molecule has 2 nitrogen and oxygen atoms in total. The lowest BCUT2D eigenvalue weighted by atomic mass is 10.0. The van der Waals surface area contributed by atoms with E-state index in [1.54, 1.807) is 30.3 Å². The van der Waals surface area contributed by atoms with E-state index in [1.807, 2.05) is 0 Å². The molecule has 0 saturated heterocycles. The van der Waals surface area contributed by atoms with E-state index in [-0.39, 0.29) is 16.5 Å². The Bertz CT molecular complexity index is 683. The molecule has 0 aliphatic rings. The summed E-state index contributed by atoms with van der Waals surface area (Å²) in [5.41, 5.74) is 1.85. The number of hydrogen-bond donors (Lipinski definition) is 1. The Balaban J connectivity index is 2.57. The molecule has 6 heteroatoms. The largest absolute Gasteiger partial charge is 0.481 e. The summed E-state index contributed by atoms with van der Waals surface area (Å²) in [5.74, 6) is -0.918. The summed E-state index contributed by atoms with van der Waals surface area (Å²) in [6.07, 6.45) is -0.0941. The van der Waals surface area contributed by atoms with Crippen LogP contribution in [0, 0.1) is 0 Å². The van der Waals surface area contributed by atoms with Crippen LogP contribution in [-0.4, -0.2) is 11.1 Å². The monoisotopic (exact) mass is 348 g/mol. The molecule has 2 aromatic carbocycles. The molecular formula is C14H8Cl4O2. The predicted octanol–water partition coefficient (Wildman–Crippen LogP) is 5.59. The van der Waals surface area contributed by atoms with Crippen molar-refractivity contribution in [3.8, 4) is 11.1 Å². The fourth-order valence-corrected chi connectivity index (χ4v) is 2.65. The summed E-state index contributed by atoms with van der Waals surface area (Å²) in [7, 11) is 0. The maximum Gasteiger partial charge on any atom is 0.307 e. The van der Waals surface area contributed by atoms with Gasteiger partial charge in [-0.15, -0.1) is 0 Å². The smallest absolute Gasteiger partial charge is 0.307 e. The van der Waals surface area contributed by atoms with E-state index in [2.05, 4.69) is 0 Å². The van der Waals surface area contributed by atoms with Gasteiger partial charge in [-0.1, -0.05) is 58.5 Å². The molecule has 0 fully saturated rings. The summed E-state index contributed by atoms with van der Waals surface area (Å²) < 4.78 is 0. The molecule has 0 amide bonds. The highest BCUT2D eigenvalue weighted by molar-refractivity contribution is 6.49. The molecule has 2 aromatic rings. The normalized spacial score (nSPS) is 10.6. The third-order valence-electron chi connectivity index (χ3n) is 2.71. The first-order valence-electron chi connectivity index (χ1n) is 5.54. The number of aliphatic carboxylic acids is 1. The second-order valence-corrected chi connectivity index (χ2v) is 5.68. The summed E-state index contributed by atoms with van der Waals surface area (Å²) in [5, 5.41) is 10.2. The van der Waals surface area contributed by atoms with Crippen molar-refractivity contribution < 1.29 is 9.90 Å².